The van der Waals surface area contributed by atoms with E-state index < -0.39 is 11.6 Å². The lowest BCUT2D eigenvalue weighted by Gasteiger charge is -2.42. The van der Waals surface area contributed by atoms with Crippen LogP contribution in [0.2, 0.25) is 5.02 Å². The zero-order chi connectivity index (χ0) is 27.4. The third-order valence-corrected chi connectivity index (χ3v) is 7.91. The van der Waals surface area contributed by atoms with Gasteiger partial charge in [0, 0.05) is 24.2 Å². The Hall–Kier alpha value is -3.13. The molecule has 1 aliphatic carbocycles. The maximum absolute atomic E-state index is 13.3. The van der Waals surface area contributed by atoms with Crippen molar-refractivity contribution in [3.63, 3.8) is 0 Å². The lowest BCUT2D eigenvalue weighted by Crippen LogP contribution is -2.46. The maximum Gasteiger partial charge on any atom is 0.338 e. The number of carbonyl (C=O) groups excluding carboxylic acids is 1. The molecule has 38 heavy (non-hydrogen) atoms. The van der Waals surface area contributed by atoms with Crippen molar-refractivity contribution in [2.45, 2.75) is 84.2 Å². The van der Waals surface area contributed by atoms with Crippen molar-refractivity contribution < 1.29 is 19.4 Å². The summed E-state index contributed by atoms with van der Waals surface area (Å²) >= 11 is 6.50. The van der Waals surface area contributed by atoms with E-state index in [1.807, 2.05) is 26.0 Å². The molecule has 0 spiro atoms. The number of hydrogen-bond acceptors (Lipinski definition) is 7. The lowest BCUT2D eigenvalue weighted by atomic mass is 9.76. The lowest BCUT2D eigenvalue weighted by molar-refractivity contribution is -0.167. The van der Waals surface area contributed by atoms with Crippen LogP contribution in [0.1, 0.15) is 74.4 Å². The van der Waals surface area contributed by atoms with E-state index in [2.05, 4.69) is 28.0 Å². The first kappa shape index (κ1) is 27.9. The van der Waals surface area contributed by atoms with Crippen molar-refractivity contribution >= 4 is 29.4 Å². The number of halogens is 1. The molecule has 2 aliphatic rings. The molecule has 9 heteroatoms. The zero-order valence-electron chi connectivity index (χ0n) is 22.6. The van der Waals surface area contributed by atoms with Gasteiger partial charge >= 0.3 is 5.97 Å². The second-order valence-electron chi connectivity index (χ2n) is 10.4. The molecule has 0 radical (unpaired) electrons. The van der Waals surface area contributed by atoms with Gasteiger partial charge in [-0.25, -0.2) is 14.8 Å². The van der Waals surface area contributed by atoms with Crippen LogP contribution in [0.25, 0.3) is 0 Å². The summed E-state index contributed by atoms with van der Waals surface area (Å²) in [4.78, 5) is 26.1. The summed E-state index contributed by atoms with van der Waals surface area (Å²) in [5.41, 5.74) is 9.15. The van der Waals surface area contributed by atoms with Crippen molar-refractivity contribution in [3.8, 4) is 5.75 Å². The van der Waals surface area contributed by atoms with E-state index in [1.165, 1.54) is 0 Å². The van der Waals surface area contributed by atoms with E-state index in [0.29, 0.717) is 23.6 Å². The topological polar surface area (TPSA) is 120 Å². The van der Waals surface area contributed by atoms with Gasteiger partial charge < -0.3 is 20.3 Å². The van der Waals surface area contributed by atoms with Gasteiger partial charge in [0.05, 0.1) is 17.7 Å². The van der Waals surface area contributed by atoms with Crippen molar-refractivity contribution in [1.82, 2.24) is 9.97 Å². The zero-order valence-corrected chi connectivity index (χ0v) is 23.4. The largest absolute Gasteiger partial charge is 0.512 e. The summed E-state index contributed by atoms with van der Waals surface area (Å²) in [6.45, 7) is 5.76. The number of cyclic esters (lactones) is 1. The number of methoxy groups -OCH3 is 1. The van der Waals surface area contributed by atoms with Gasteiger partial charge in [-0.15, -0.1) is 0 Å². The Balaban J connectivity index is 1.57. The number of rotatable bonds is 9. The van der Waals surface area contributed by atoms with Gasteiger partial charge in [0.15, 0.2) is 0 Å². The Bertz CT molecular complexity index is 1250. The number of ether oxygens (including phenoxy) is 2. The molecule has 1 fully saturated rings. The number of aliphatic hydroxyl groups is 1. The van der Waals surface area contributed by atoms with Crippen molar-refractivity contribution in [1.29, 1.82) is 0 Å². The smallest absolute Gasteiger partial charge is 0.338 e. The third-order valence-electron chi connectivity index (χ3n) is 7.63. The molecular weight excluding hydrogens is 504 g/mol. The Morgan fingerprint density at radius 2 is 1.92 bits per heavy atom. The number of nitrogens with two attached hydrogens (primary N) is 1. The first-order chi connectivity index (χ1) is 18.1. The molecule has 1 aliphatic heterocycles. The number of hydrogen-bond donors (Lipinski definition) is 2. The van der Waals surface area contributed by atoms with Gasteiger partial charge in [0.1, 0.15) is 22.9 Å². The van der Waals surface area contributed by atoms with Gasteiger partial charge in [0.25, 0.3) is 5.95 Å². The van der Waals surface area contributed by atoms with Crippen LogP contribution < -0.4 is 10.5 Å². The van der Waals surface area contributed by atoms with Crippen LogP contribution in [0.5, 0.6) is 5.75 Å². The van der Waals surface area contributed by atoms with Crippen LogP contribution in [-0.2, 0) is 22.4 Å². The normalized spacial score (nSPS) is 20.7. The van der Waals surface area contributed by atoms with Gasteiger partial charge in [0.2, 0.25) is 0 Å². The van der Waals surface area contributed by atoms with Crippen molar-refractivity contribution in [2.24, 2.45) is 16.6 Å². The van der Waals surface area contributed by atoms with E-state index in [0.717, 1.165) is 54.6 Å². The summed E-state index contributed by atoms with van der Waals surface area (Å²) in [6.07, 6.45) is 6.38. The predicted molar refractivity (Wildman–Crippen MR) is 148 cm³/mol. The van der Waals surface area contributed by atoms with E-state index in [4.69, 9.17) is 26.8 Å². The molecule has 1 atom stereocenters. The molecule has 2 aromatic rings. The number of aliphatic imine (C=N–C) groups is 1. The number of aryl methyl sites for hydroxylation is 4. The molecule has 1 aromatic carbocycles. The Morgan fingerprint density at radius 3 is 2.53 bits per heavy atom. The number of esters is 1. The van der Waals surface area contributed by atoms with Crippen LogP contribution in [0.4, 0.5) is 5.95 Å². The van der Waals surface area contributed by atoms with E-state index in [-0.39, 0.29) is 41.9 Å². The number of aromatic nitrogens is 2. The second-order valence-corrected chi connectivity index (χ2v) is 10.8. The average molecular weight is 541 g/mol. The molecule has 1 saturated carbocycles. The number of nitrogens with zero attached hydrogens (tertiary/aromatic N) is 3. The molecule has 0 bridgehead atoms. The monoisotopic (exact) mass is 540 g/mol. The summed E-state index contributed by atoms with van der Waals surface area (Å²) in [6, 6.07) is 5.86. The highest BCUT2D eigenvalue weighted by atomic mass is 35.5. The number of amidine groups is 1. The van der Waals surface area contributed by atoms with Gasteiger partial charge in [-0.2, -0.15) is 4.99 Å². The van der Waals surface area contributed by atoms with Crippen LogP contribution in [0.15, 0.2) is 34.5 Å². The standard InChI is InChI=1S/C29H37ClN4O4/c1-5-20-13-19(14-23(30)26(20)37-4)10-11-29(21-8-6-7-9-21)16-24(35)22(27(36)38-29)15-25(31)34-28-32-17(2)12-18(3)33-28/h12-14,21,35H,5-11,15-16H2,1-4H3,(H2,31,32,33,34). The second kappa shape index (κ2) is 11.7. The number of carbonyl (C=O) groups is 1. The van der Waals surface area contributed by atoms with Crippen LogP contribution >= 0.6 is 11.6 Å². The Morgan fingerprint density at radius 1 is 1.24 bits per heavy atom. The number of benzene rings is 1. The molecule has 3 N–H and O–H groups in total. The minimum absolute atomic E-state index is 0.0228. The SMILES string of the molecule is CCc1cc(CCC2(C3CCCC3)CC(O)=C(C/C(N)=N/c3nc(C)cc(C)n3)C(=O)O2)cc(Cl)c1OC. The molecule has 4 rings (SSSR count). The first-order valence-corrected chi connectivity index (χ1v) is 13.7. The van der Waals surface area contributed by atoms with Gasteiger partial charge in [-0.1, -0.05) is 37.4 Å². The van der Waals surface area contributed by atoms with E-state index in [9.17, 15) is 9.90 Å². The molecular formula is C29H37ClN4O4. The van der Waals surface area contributed by atoms with Gasteiger partial charge in [-0.05, 0) is 75.1 Å². The fourth-order valence-corrected chi connectivity index (χ4v) is 6.14. The fourth-order valence-electron chi connectivity index (χ4n) is 5.80. The maximum atomic E-state index is 13.3. The molecule has 1 aromatic heterocycles. The van der Waals surface area contributed by atoms with Crippen LogP contribution in [0, 0.1) is 19.8 Å². The van der Waals surface area contributed by atoms with E-state index >= 15 is 0 Å². The summed E-state index contributed by atoms with van der Waals surface area (Å²) in [7, 11) is 1.62. The number of aliphatic hydroxyl groups excluding tert-OH is 1. The summed E-state index contributed by atoms with van der Waals surface area (Å²) < 4.78 is 11.7. The average Bonchev–Trinajstić information content (AvgIpc) is 3.40. The van der Waals surface area contributed by atoms with Gasteiger partial charge in [-0.3, -0.25) is 0 Å². The first-order valence-electron chi connectivity index (χ1n) is 13.3. The molecule has 2 heterocycles. The molecule has 204 valence electrons. The van der Waals surface area contributed by atoms with E-state index in [1.54, 1.807) is 7.11 Å². The van der Waals surface area contributed by atoms with Crippen molar-refractivity contribution in [3.05, 3.63) is 57.1 Å². The third kappa shape index (κ3) is 6.12. The van der Waals surface area contributed by atoms with Crippen molar-refractivity contribution in [2.75, 3.05) is 7.11 Å². The molecule has 8 nitrogen and oxygen atoms in total. The van der Waals surface area contributed by atoms with Crippen LogP contribution in [-0.4, -0.2) is 39.6 Å². The molecule has 0 saturated heterocycles. The highest BCUT2D eigenvalue weighted by Crippen LogP contribution is 2.46. The summed E-state index contributed by atoms with van der Waals surface area (Å²) in [5, 5.41) is 11.7. The Labute approximate surface area is 229 Å². The quantitative estimate of drug-likeness (QED) is 0.227. The highest BCUT2D eigenvalue weighted by Gasteiger charge is 2.48. The summed E-state index contributed by atoms with van der Waals surface area (Å²) in [5.74, 6) is 0.736. The highest BCUT2D eigenvalue weighted by molar-refractivity contribution is 6.32. The molecule has 1 unspecified atom stereocenters. The fraction of sp³-hybridized carbons (Fsp3) is 0.517. The minimum Gasteiger partial charge on any atom is -0.512 e. The van der Waals surface area contributed by atoms with Crippen LogP contribution in [0.3, 0.4) is 0 Å². The Kier molecular flexibility index (Phi) is 8.61. The molecule has 0 amide bonds. The minimum atomic E-state index is -0.775. The predicted octanol–water partition coefficient (Wildman–Crippen LogP) is 6.02.